The van der Waals surface area contributed by atoms with E-state index in [1.807, 2.05) is 18.2 Å². The summed E-state index contributed by atoms with van der Waals surface area (Å²) in [5.74, 6) is 0.102. The highest BCUT2D eigenvalue weighted by Crippen LogP contribution is 2.27. The molecule has 0 bridgehead atoms. The Morgan fingerprint density at radius 2 is 1.80 bits per heavy atom. The Balaban J connectivity index is 1.39. The maximum atomic E-state index is 14.0. The molecule has 1 aliphatic rings. The second kappa shape index (κ2) is 8.85. The maximum Gasteiger partial charge on any atom is 0.243 e. The molecule has 0 amide bonds. The van der Waals surface area contributed by atoms with Crippen LogP contribution in [0.15, 0.2) is 59.6 Å². The lowest BCUT2D eigenvalue weighted by Crippen LogP contribution is -2.49. The number of sulfonamides is 1. The van der Waals surface area contributed by atoms with Gasteiger partial charge in [-0.3, -0.25) is 9.88 Å². The average Bonchev–Trinajstić information content (AvgIpc) is 2.76. The number of para-hydroxylation sites is 1. The Kier molecular flexibility index (Phi) is 6.19. The second-order valence-electron chi connectivity index (χ2n) is 6.97. The van der Waals surface area contributed by atoms with Gasteiger partial charge in [-0.1, -0.05) is 23.7 Å². The third-order valence-electron chi connectivity index (χ3n) is 5.13. The summed E-state index contributed by atoms with van der Waals surface area (Å²) >= 11 is 6.08. The quantitative estimate of drug-likeness (QED) is 0.577. The highest BCUT2D eigenvalue weighted by Gasteiger charge is 2.30. The predicted octanol–water partition coefficient (Wildman–Crippen LogP) is 3.41. The zero-order valence-corrected chi connectivity index (χ0v) is 17.7. The summed E-state index contributed by atoms with van der Waals surface area (Å²) in [4.78, 5) is 6.22. The molecule has 3 aromatic rings. The summed E-state index contributed by atoms with van der Waals surface area (Å²) in [6.45, 7) is 3.01. The minimum absolute atomic E-state index is 0.0638. The molecule has 0 aliphatic carbocycles. The van der Waals surface area contributed by atoms with E-state index in [0.717, 1.165) is 6.07 Å². The standard InChI is InChI=1S/C21H21ClFN3O3S/c22-17-5-1-2-6-19(17)29-15-14-25-10-12-26(13-11-25)30(27,28)20-8-7-18(23)21-16(20)4-3-9-24-21/h1-9H,10-15H2. The zero-order valence-electron chi connectivity index (χ0n) is 16.2. The van der Waals surface area contributed by atoms with Gasteiger partial charge in [-0.25, -0.2) is 12.8 Å². The molecule has 1 saturated heterocycles. The number of fused-ring (bicyclic) bond motifs is 1. The van der Waals surface area contributed by atoms with Gasteiger partial charge in [-0.05, 0) is 36.4 Å². The van der Waals surface area contributed by atoms with E-state index >= 15 is 0 Å². The molecule has 0 radical (unpaired) electrons. The number of halogens is 2. The van der Waals surface area contributed by atoms with Crippen molar-refractivity contribution in [3.05, 3.63) is 65.6 Å². The van der Waals surface area contributed by atoms with Crippen molar-refractivity contribution in [3.8, 4) is 5.75 Å². The summed E-state index contributed by atoms with van der Waals surface area (Å²) in [5, 5.41) is 0.863. The Morgan fingerprint density at radius 1 is 1.03 bits per heavy atom. The fraction of sp³-hybridized carbons (Fsp3) is 0.286. The van der Waals surface area contributed by atoms with Crippen molar-refractivity contribution in [1.82, 2.24) is 14.2 Å². The molecule has 1 aliphatic heterocycles. The number of piperazine rings is 1. The van der Waals surface area contributed by atoms with Gasteiger partial charge in [0.1, 0.15) is 23.7 Å². The number of benzene rings is 2. The van der Waals surface area contributed by atoms with Crippen molar-refractivity contribution < 1.29 is 17.5 Å². The van der Waals surface area contributed by atoms with E-state index < -0.39 is 15.8 Å². The first-order valence-corrected chi connectivity index (χ1v) is 11.4. The highest BCUT2D eigenvalue weighted by atomic mass is 35.5. The summed E-state index contributed by atoms with van der Waals surface area (Å²) < 4.78 is 47.5. The van der Waals surface area contributed by atoms with Gasteiger partial charge in [0.25, 0.3) is 0 Å². The average molecular weight is 450 g/mol. The molecule has 0 unspecified atom stereocenters. The maximum absolute atomic E-state index is 14.0. The number of aromatic nitrogens is 1. The number of ether oxygens (including phenoxy) is 1. The lowest BCUT2D eigenvalue weighted by Gasteiger charge is -2.34. The summed E-state index contributed by atoms with van der Waals surface area (Å²) in [6.07, 6.45) is 1.45. The van der Waals surface area contributed by atoms with E-state index in [2.05, 4.69) is 9.88 Å². The van der Waals surface area contributed by atoms with Crippen molar-refractivity contribution in [2.45, 2.75) is 4.90 Å². The van der Waals surface area contributed by atoms with Gasteiger partial charge < -0.3 is 4.74 Å². The molecule has 1 aromatic heterocycles. The normalized spacial score (nSPS) is 16.1. The van der Waals surface area contributed by atoms with Gasteiger partial charge in [0.2, 0.25) is 10.0 Å². The van der Waals surface area contributed by atoms with Crippen LogP contribution < -0.4 is 4.74 Å². The van der Waals surface area contributed by atoms with Crippen LogP contribution in [0.3, 0.4) is 0 Å². The molecule has 9 heteroatoms. The van der Waals surface area contributed by atoms with Crippen LogP contribution in [-0.4, -0.2) is 61.9 Å². The number of nitrogens with zero attached hydrogens (tertiary/aromatic N) is 3. The second-order valence-corrected chi connectivity index (χ2v) is 9.28. The first kappa shape index (κ1) is 21.0. The van der Waals surface area contributed by atoms with Crippen LogP contribution >= 0.6 is 11.6 Å². The number of pyridine rings is 1. The van der Waals surface area contributed by atoms with Gasteiger partial charge in [0.15, 0.2) is 0 Å². The zero-order chi connectivity index (χ0) is 21.1. The molecule has 2 heterocycles. The van der Waals surface area contributed by atoms with E-state index in [1.165, 1.54) is 16.6 Å². The molecule has 4 rings (SSSR count). The molecule has 0 spiro atoms. The molecule has 1 fully saturated rings. The summed E-state index contributed by atoms with van der Waals surface area (Å²) in [7, 11) is -3.75. The lowest BCUT2D eigenvalue weighted by molar-refractivity contribution is 0.159. The smallest absolute Gasteiger partial charge is 0.243 e. The first-order chi connectivity index (χ1) is 14.5. The summed E-state index contributed by atoms with van der Waals surface area (Å²) in [6, 6.07) is 13.0. The molecule has 6 nitrogen and oxygen atoms in total. The van der Waals surface area contributed by atoms with Crippen molar-refractivity contribution in [3.63, 3.8) is 0 Å². The van der Waals surface area contributed by atoms with Crippen LogP contribution in [-0.2, 0) is 10.0 Å². The number of hydrogen-bond acceptors (Lipinski definition) is 5. The molecule has 158 valence electrons. The molecule has 2 aromatic carbocycles. The van der Waals surface area contributed by atoms with E-state index in [1.54, 1.807) is 18.2 Å². The van der Waals surface area contributed by atoms with Crippen molar-refractivity contribution in [2.75, 3.05) is 39.3 Å². The molecule has 0 saturated carbocycles. The van der Waals surface area contributed by atoms with Crippen LogP contribution in [0, 0.1) is 5.82 Å². The lowest BCUT2D eigenvalue weighted by atomic mass is 10.2. The third-order valence-corrected chi connectivity index (χ3v) is 7.40. The van der Waals surface area contributed by atoms with Gasteiger partial charge in [0, 0.05) is 44.3 Å². The topological polar surface area (TPSA) is 62.7 Å². The van der Waals surface area contributed by atoms with Crippen LogP contribution in [0.25, 0.3) is 10.9 Å². The fourth-order valence-electron chi connectivity index (χ4n) is 3.52. The van der Waals surface area contributed by atoms with Gasteiger partial charge in [-0.15, -0.1) is 0 Å². The van der Waals surface area contributed by atoms with E-state index in [0.29, 0.717) is 55.5 Å². The largest absolute Gasteiger partial charge is 0.491 e. The van der Waals surface area contributed by atoms with Crippen LogP contribution in [0.4, 0.5) is 4.39 Å². The SMILES string of the molecule is O=S(=O)(c1ccc(F)c2ncccc12)N1CCN(CCOc2ccccc2Cl)CC1. The Morgan fingerprint density at radius 3 is 2.57 bits per heavy atom. The van der Waals surface area contributed by atoms with Crippen LogP contribution in [0.5, 0.6) is 5.75 Å². The predicted molar refractivity (Wildman–Crippen MR) is 114 cm³/mol. The van der Waals surface area contributed by atoms with Gasteiger partial charge >= 0.3 is 0 Å². The monoisotopic (exact) mass is 449 g/mol. The van der Waals surface area contributed by atoms with Gasteiger partial charge in [-0.2, -0.15) is 4.31 Å². The van der Waals surface area contributed by atoms with Crippen molar-refractivity contribution in [1.29, 1.82) is 0 Å². The molecular formula is C21H21ClFN3O3S. The van der Waals surface area contributed by atoms with Crippen molar-refractivity contribution >= 4 is 32.5 Å². The highest BCUT2D eigenvalue weighted by molar-refractivity contribution is 7.89. The fourth-order valence-corrected chi connectivity index (χ4v) is 5.31. The molecular weight excluding hydrogens is 429 g/mol. The van der Waals surface area contributed by atoms with Crippen LogP contribution in [0.1, 0.15) is 0 Å². The Bertz CT molecular complexity index is 1150. The number of hydrogen-bond donors (Lipinski definition) is 0. The van der Waals surface area contributed by atoms with E-state index in [-0.39, 0.29) is 10.4 Å². The van der Waals surface area contributed by atoms with Crippen molar-refractivity contribution in [2.24, 2.45) is 0 Å². The Hall–Kier alpha value is -2.26. The Labute approximate surface area is 179 Å². The summed E-state index contributed by atoms with van der Waals surface area (Å²) in [5.41, 5.74) is 0.0638. The number of rotatable bonds is 6. The van der Waals surface area contributed by atoms with E-state index in [4.69, 9.17) is 16.3 Å². The first-order valence-electron chi connectivity index (χ1n) is 9.60. The van der Waals surface area contributed by atoms with Crippen LogP contribution in [0.2, 0.25) is 5.02 Å². The van der Waals surface area contributed by atoms with Gasteiger partial charge in [0.05, 0.1) is 9.92 Å². The minimum atomic E-state index is -3.75. The third kappa shape index (κ3) is 4.27. The minimum Gasteiger partial charge on any atom is -0.491 e. The molecule has 0 N–H and O–H groups in total. The molecule has 0 atom stereocenters. The van der Waals surface area contributed by atoms with E-state index in [9.17, 15) is 12.8 Å². The molecule has 30 heavy (non-hydrogen) atoms.